The Morgan fingerprint density at radius 3 is 1.35 bits per heavy atom. The van der Waals surface area contributed by atoms with E-state index in [1.54, 1.807) is 0 Å². The van der Waals surface area contributed by atoms with Crippen LogP contribution in [0.3, 0.4) is 0 Å². The monoisotopic (exact) mass is 322 g/mol. The van der Waals surface area contributed by atoms with E-state index in [1.165, 1.54) is 0 Å². The van der Waals surface area contributed by atoms with Gasteiger partial charge in [-0.1, -0.05) is 33.6 Å². The fourth-order valence-corrected chi connectivity index (χ4v) is 1.94. The molecule has 0 atom stereocenters. The SMILES string of the molecule is C=CC(=O)NCC(CNC(=O)C=C)(CNC(=O)C=C)NC(C)C. The average molecular weight is 322 g/mol. The van der Waals surface area contributed by atoms with Gasteiger partial charge in [-0.2, -0.15) is 0 Å². The molecule has 3 amide bonds. The van der Waals surface area contributed by atoms with Gasteiger partial charge in [-0.25, -0.2) is 0 Å². The molecule has 4 N–H and O–H groups in total. The molecule has 128 valence electrons. The topological polar surface area (TPSA) is 99.3 Å². The molecule has 0 heterocycles. The summed E-state index contributed by atoms with van der Waals surface area (Å²) >= 11 is 0. The molecular formula is C16H26N4O3. The Kier molecular flexibility index (Phi) is 9.26. The van der Waals surface area contributed by atoms with Gasteiger partial charge in [0.1, 0.15) is 0 Å². The second-order valence-electron chi connectivity index (χ2n) is 5.35. The zero-order valence-electron chi connectivity index (χ0n) is 13.8. The van der Waals surface area contributed by atoms with Crippen molar-refractivity contribution in [2.75, 3.05) is 19.6 Å². The van der Waals surface area contributed by atoms with Crippen molar-refractivity contribution in [3.8, 4) is 0 Å². The highest BCUT2D eigenvalue weighted by Gasteiger charge is 2.31. The lowest BCUT2D eigenvalue weighted by Gasteiger charge is -2.37. The molecule has 0 aromatic heterocycles. The Morgan fingerprint density at radius 1 is 0.826 bits per heavy atom. The predicted octanol–water partition coefficient (Wildman–Crippen LogP) is -0.370. The lowest BCUT2D eigenvalue weighted by atomic mass is 9.97. The van der Waals surface area contributed by atoms with Crippen LogP contribution in [0.5, 0.6) is 0 Å². The highest BCUT2D eigenvalue weighted by Crippen LogP contribution is 2.04. The molecule has 7 nitrogen and oxygen atoms in total. The van der Waals surface area contributed by atoms with Crippen molar-refractivity contribution in [1.82, 2.24) is 21.3 Å². The summed E-state index contributed by atoms with van der Waals surface area (Å²) in [7, 11) is 0. The second kappa shape index (κ2) is 10.3. The van der Waals surface area contributed by atoms with E-state index < -0.39 is 5.54 Å². The summed E-state index contributed by atoms with van der Waals surface area (Å²) < 4.78 is 0. The molecule has 0 rings (SSSR count). The molecule has 7 heteroatoms. The van der Waals surface area contributed by atoms with Crippen LogP contribution in [0.4, 0.5) is 0 Å². The Morgan fingerprint density at radius 2 is 1.13 bits per heavy atom. The van der Waals surface area contributed by atoms with Gasteiger partial charge < -0.3 is 21.3 Å². The minimum absolute atomic E-state index is 0.0527. The lowest BCUT2D eigenvalue weighted by molar-refractivity contribution is -0.116. The number of hydrogen-bond acceptors (Lipinski definition) is 4. The van der Waals surface area contributed by atoms with Crippen molar-refractivity contribution in [3.05, 3.63) is 38.0 Å². The molecule has 0 aliphatic carbocycles. The molecule has 0 aromatic carbocycles. The largest absolute Gasteiger partial charge is 0.351 e. The van der Waals surface area contributed by atoms with Gasteiger partial charge in [-0.3, -0.25) is 14.4 Å². The van der Waals surface area contributed by atoms with E-state index in [2.05, 4.69) is 41.0 Å². The summed E-state index contributed by atoms with van der Waals surface area (Å²) in [5.41, 5.74) is -0.774. The van der Waals surface area contributed by atoms with Gasteiger partial charge in [-0.05, 0) is 18.2 Å². The smallest absolute Gasteiger partial charge is 0.243 e. The highest BCUT2D eigenvalue weighted by atomic mass is 16.2. The first-order valence-corrected chi connectivity index (χ1v) is 7.27. The van der Waals surface area contributed by atoms with Crippen LogP contribution in [0.15, 0.2) is 38.0 Å². The quantitative estimate of drug-likeness (QED) is 0.390. The van der Waals surface area contributed by atoms with Crippen molar-refractivity contribution in [2.45, 2.75) is 25.4 Å². The summed E-state index contributed by atoms with van der Waals surface area (Å²) in [6.45, 7) is 14.6. The third-order valence-corrected chi connectivity index (χ3v) is 2.95. The second-order valence-corrected chi connectivity index (χ2v) is 5.35. The van der Waals surface area contributed by atoms with E-state index in [9.17, 15) is 14.4 Å². The minimum Gasteiger partial charge on any atom is -0.351 e. The molecule has 0 radical (unpaired) electrons. The summed E-state index contributed by atoms with van der Waals surface area (Å²) in [5, 5.41) is 11.3. The minimum atomic E-state index is -0.774. The highest BCUT2D eigenvalue weighted by molar-refractivity contribution is 5.88. The van der Waals surface area contributed by atoms with Crippen LogP contribution in [-0.4, -0.2) is 48.9 Å². The van der Waals surface area contributed by atoms with Crippen molar-refractivity contribution in [1.29, 1.82) is 0 Å². The summed E-state index contributed by atoms with van der Waals surface area (Å²) in [4.78, 5) is 34.4. The van der Waals surface area contributed by atoms with E-state index in [0.29, 0.717) is 0 Å². The van der Waals surface area contributed by atoms with Gasteiger partial charge in [-0.15, -0.1) is 0 Å². The van der Waals surface area contributed by atoms with Gasteiger partial charge in [0, 0.05) is 25.7 Å². The van der Waals surface area contributed by atoms with Crippen molar-refractivity contribution >= 4 is 17.7 Å². The molecule has 0 fully saturated rings. The molecule has 0 aliphatic rings. The van der Waals surface area contributed by atoms with E-state index in [1.807, 2.05) is 13.8 Å². The fraction of sp³-hybridized carbons (Fsp3) is 0.438. The Hall–Kier alpha value is -2.41. The molecule has 0 spiro atoms. The Bertz CT molecular complexity index is 412. The Balaban J connectivity index is 5.21. The third kappa shape index (κ3) is 8.57. The first-order valence-electron chi connectivity index (χ1n) is 7.27. The van der Waals surface area contributed by atoms with Crippen LogP contribution in [0.1, 0.15) is 13.8 Å². The molecule has 0 saturated heterocycles. The number of amides is 3. The van der Waals surface area contributed by atoms with Gasteiger partial charge in [0.25, 0.3) is 0 Å². The average Bonchev–Trinajstić information content (AvgIpc) is 2.54. The molecule has 0 aromatic rings. The molecule has 0 saturated carbocycles. The number of nitrogens with one attached hydrogen (secondary N) is 4. The van der Waals surface area contributed by atoms with Gasteiger partial charge in [0.05, 0.1) is 5.54 Å². The van der Waals surface area contributed by atoms with Crippen molar-refractivity contribution < 1.29 is 14.4 Å². The van der Waals surface area contributed by atoms with Gasteiger partial charge in [0.15, 0.2) is 0 Å². The van der Waals surface area contributed by atoms with Crippen LogP contribution in [0.25, 0.3) is 0 Å². The number of hydrogen-bond donors (Lipinski definition) is 4. The normalized spacial score (nSPS) is 10.6. The van der Waals surface area contributed by atoms with Crippen molar-refractivity contribution in [2.24, 2.45) is 0 Å². The molecular weight excluding hydrogens is 296 g/mol. The van der Waals surface area contributed by atoms with Crippen molar-refractivity contribution in [3.63, 3.8) is 0 Å². The summed E-state index contributed by atoms with van der Waals surface area (Å²) in [6.07, 6.45) is 3.47. The van der Waals surface area contributed by atoms with E-state index in [-0.39, 0.29) is 43.4 Å². The Labute approximate surface area is 137 Å². The first kappa shape index (κ1) is 20.6. The lowest BCUT2D eigenvalue weighted by Crippen LogP contribution is -2.66. The number of carbonyl (C=O) groups is 3. The van der Waals surface area contributed by atoms with Gasteiger partial charge in [0.2, 0.25) is 17.7 Å². The van der Waals surface area contributed by atoms with Crippen LogP contribution in [-0.2, 0) is 14.4 Å². The number of rotatable bonds is 11. The summed E-state index contributed by atoms with van der Waals surface area (Å²) in [5.74, 6) is -1.03. The summed E-state index contributed by atoms with van der Waals surface area (Å²) in [6, 6.07) is 0.0527. The standard InChI is InChI=1S/C16H26N4O3/c1-6-13(21)17-9-16(20-12(4)5,10-18-14(22)7-2)11-19-15(23)8-3/h6-8,12,20H,1-3,9-11H2,4-5H3,(H,17,21)(H,18,22)(H,19,23). The maximum absolute atomic E-state index is 11.5. The predicted molar refractivity (Wildman–Crippen MR) is 90.6 cm³/mol. The van der Waals surface area contributed by atoms with Crippen LogP contribution in [0.2, 0.25) is 0 Å². The zero-order valence-corrected chi connectivity index (χ0v) is 13.8. The zero-order chi connectivity index (χ0) is 17.9. The van der Waals surface area contributed by atoms with E-state index >= 15 is 0 Å². The van der Waals surface area contributed by atoms with Gasteiger partial charge >= 0.3 is 0 Å². The fourth-order valence-electron chi connectivity index (χ4n) is 1.94. The first-order chi connectivity index (χ1) is 10.8. The maximum Gasteiger partial charge on any atom is 0.243 e. The molecule has 23 heavy (non-hydrogen) atoms. The maximum atomic E-state index is 11.5. The van der Waals surface area contributed by atoms with E-state index in [4.69, 9.17) is 0 Å². The van der Waals surface area contributed by atoms with Crippen LogP contribution < -0.4 is 21.3 Å². The van der Waals surface area contributed by atoms with Crippen LogP contribution >= 0.6 is 0 Å². The molecule has 0 bridgehead atoms. The molecule has 0 aliphatic heterocycles. The number of carbonyl (C=O) groups excluding carboxylic acids is 3. The molecule has 0 unspecified atom stereocenters. The third-order valence-electron chi connectivity index (χ3n) is 2.95. The van der Waals surface area contributed by atoms with E-state index in [0.717, 1.165) is 18.2 Å². The van der Waals surface area contributed by atoms with Crippen LogP contribution in [0, 0.1) is 0 Å².